The van der Waals surface area contributed by atoms with Crippen LogP contribution >= 0.6 is 0 Å². The second-order valence-electron chi connectivity index (χ2n) is 3.56. The molecule has 0 radical (unpaired) electrons. The van der Waals surface area contributed by atoms with Gasteiger partial charge in [0.15, 0.2) is 0 Å². The second-order valence-corrected chi connectivity index (χ2v) is 3.56. The lowest BCUT2D eigenvalue weighted by molar-refractivity contribution is 0.468. The molecule has 1 heteroatoms. The summed E-state index contributed by atoms with van der Waals surface area (Å²) in [5, 5.41) is 3.53. The van der Waals surface area contributed by atoms with E-state index in [1.165, 1.54) is 24.8 Å². The van der Waals surface area contributed by atoms with E-state index >= 15 is 0 Å². The molecule has 0 bridgehead atoms. The number of hydrogen-bond acceptors (Lipinski definition) is 1. The van der Waals surface area contributed by atoms with Crippen LogP contribution < -0.4 is 5.32 Å². The molecule has 72 valence electrons. The Morgan fingerprint density at radius 2 is 2.08 bits per heavy atom. The fourth-order valence-corrected chi connectivity index (χ4v) is 1.22. The van der Waals surface area contributed by atoms with E-state index in [0.29, 0.717) is 6.04 Å². The minimum atomic E-state index is 0.696. The van der Waals surface area contributed by atoms with Crippen molar-refractivity contribution < 1.29 is 0 Å². The molecule has 1 nitrogen and oxygen atoms in total. The summed E-state index contributed by atoms with van der Waals surface area (Å²) >= 11 is 0. The Hall–Kier alpha value is -0.300. The summed E-state index contributed by atoms with van der Waals surface area (Å²) in [5.74, 6) is 0. The van der Waals surface area contributed by atoms with Crippen LogP contribution in [0.3, 0.4) is 0 Å². The molecule has 0 heterocycles. The van der Waals surface area contributed by atoms with E-state index in [2.05, 4.69) is 32.7 Å². The molecule has 0 aromatic rings. The average Bonchev–Trinajstić information content (AvgIpc) is 2.05. The molecule has 0 saturated heterocycles. The maximum atomic E-state index is 3.91. The van der Waals surface area contributed by atoms with E-state index in [1.54, 1.807) is 0 Å². The monoisotopic (exact) mass is 169 g/mol. The first-order chi connectivity index (χ1) is 5.70. The zero-order chi connectivity index (χ0) is 9.40. The van der Waals surface area contributed by atoms with Crippen LogP contribution in [-0.2, 0) is 0 Å². The van der Waals surface area contributed by atoms with Gasteiger partial charge < -0.3 is 5.32 Å². The van der Waals surface area contributed by atoms with Gasteiger partial charge in [-0.1, -0.05) is 19.4 Å². The zero-order valence-corrected chi connectivity index (χ0v) is 8.82. The topological polar surface area (TPSA) is 12.0 Å². The molecule has 0 amide bonds. The number of nitrogens with one attached hydrogen (secondary N) is 1. The van der Waals surface area contributed by atoms with Gasteiger partial charge in [0.05, 0.1) is 0 Å². The highest BCUT2D eigenvalue weighted by atomic mass is 14.9. The van der Waals surface area contributed by atoms with Gasteiger partial charge in [0, 0.05) is 6.04 Å². The predicted molar refractivity (Wildman–Crippen MR) is 56.4 cm³/mol. The lowest BCUT2D eigenvalue weighted by Gasteiger charge is -2.15. The fraction of sp³-hybridized carbons (Fsp3) is 0.818. The van der Waals surface area contributed by atoms with Crippen molar-refractivity contribution in [3.05, 3.63) is 12.2 Å². The molecule has 0 spiro atoms. The minimum Gasteiger partial charge on any atom is -0.314 e. The molecule has 1 atom stereocenters. The summed E-state index contributed by atoms with van der Waals surface area (Å²) in [6, 6.07) is 0.696. The Labute approximate surface area is 77.2 Å². The van der Waals surface area contributed by atoms with Gasteiger partial charge in [0.2, 0.25) is 0 Å². The smallest absolute Gasteiger partial charge is 0.00674 e. The summed E-state index contributed by atoms with van der Waals surface area (Å²) in [7, 11) is 0. The Bertz CT molecular complexity index is 118. The number of rotatable bonds is 7. The van der Waals surface area contributed by atoms with Crippen molar-refractivity contribution in [2.24, 2.45) is 0 Å². The van der Waals surface area contributed by atoms with Crippen molar-refractivity contribution >= 4 is 0 Å². The van der Waals surface area contributed by atoms with Crippen LogP contribution in [0.25, 0.3) is 0 Å². The SMILES string of the molecule is C=C(C)CCC(CC)NCCC. The van der Waals surface area contributed by atoms with E-state index in [9.17, 15) is 0 Å². The standard InChI is InChI=1S/C11H23N/c1-5-9-12-11(6-2)8-7-10(3)4/h11-12H,3,5-9H2,1-2,4H3. The van der Waals surface area contributed by atoms with E-state index in [0.717, 1.165) is 13.0 Å². The van der Waals surface area contributed by atoms with Crippen LogP contribution in [0.4, 0.5) is 0 Å². The van der Waals surface area contributed by atoms with Crippen LogP contribution in [0.1, 0.15) is 46.5 Å². The molecule has 0 aliphatic heterocycles. The lowest BCUT2D eigenvalue weighted by Crippen LogP contribution is -2.28. The maximum absolute atomic E-state index is 3.91. The highest BCUT2D eigenvalue weighted by Crippen LogP contribution is 2.06. The average molecular weight is 169 g/mol. The molecule has 0 rings (SSSR count). The molecule has 1 unspecified atom stereocenters. The summed E-state index contributed by atoms with van der Waals surface area (Å²) in [6.07, 6.45) is 4.86. The lowest BCUT2D eigenvalue weighted by atomic mass is 10.1. The van der Waals surface area contributed by atoms with Gasteiger partial charge in [0.25, 0.3) is 0 Å². The maximum Gasteiger partial charge on any atom is 0.00674 e. The Balaban J connectivity index is 3.45. The van der Waals surface area contributed by atoms with Crippen LogP contribution in [0.5, 0.6) is 0 Å². The first-order valence-electron chi connectivity index (χ1n) is 5.08. The molecule has 1 N–H and O–H groups in total. The van der Waals surface area contributed by atoms with Crippen molar-refractivity contribution in [3.63, 3.8) is 0 Å². The second kappa shape index (κ2) is 7.35. The van der Waals surface area contributed by atoms with Crippen LogP contribution in [0.2, 0.25) is 0 Å². The van der Waals surface area contributed by atoms with E-state index in [4.69, 9.17) is 0 Å². The van der Waals surface area contributed by atoms with Crippen molar-refractivity contribution in [1.82, 2.24) is 5.32 Å². The van der Waals surface area contributed by atoms with Gasteiger partial charge in [-0.3, -0.25) is 0 Å². The molecular formula is C11H23N. The highest BCUT2D eigenvalue weighted by Gasteiger charge is 2.03. The van der Waals surface area contributed by atoms with E-state index < -0.39 is 0 Å². The molecule has 0 aromatic carbocycles. The first-order valence-corrected chi connectivity index (χ1v) is 5.08. The minimum absolute atomic E-state index is 0.696. The third-order valence-corrected chi connectivity index (χ3v) is 2.10. The van der Waals surface area contributed by atoms with Gasteiger partial charge >= 0.3 is 0 Å². The largest absolute Gasteiger partial charge is 0.314 e. The van der Waals surface area contributed by atoms with Gasteiger partial charge in [-0.15, -0.1) is 6.58 Å². The van der Waals surface area contributed by atoms with Crippen molar-refractivity contribution in [3.8, 4) is 0 Å². The van der Waals surface area contributed by atoms with Gasteiger partial charge in [-0.05, 0) is 39.2 Å². The van der Waals surface area contributed by atoms with Crippen molar-refractivity contribution in [2.45, 2.75) is 52.5 Å². The Morgan fingerprint density at radius 3 is 2.50 bits per heavy atom. The normalized spacial score (nSPS) is 12.9. The molecule has 0 saturated carbocycles. The van der Waals surface area contributed by atoms with Crippen molar-refractivity contribution in [2.75, 3.05) is 6.54 Å². The van der Waals surface area contributed by atoms with E-state index in [1.807, 2.05) is 0 Å². The van der Waals surface area contributed by atoms with Crippen LogP contribution in [-0.4, -0.2) is 12.6 Å². The summed E-state index contributed by atoms with van der Waals surface area (Å²) in [4.78, 5) is 0. The highest BCUT2D eigenvalue weighted by molar-refractivity contribution is 4.88. The Morgan fingerprint density at radius 1 is 1.42 bits per heavy atom. The van der Waals surface area contributed by atoms with Crippen LogP contribution in [0.15, 0.2) is 12.2 Å². The van der Waals surface area contributed by atoms with Gasteiger partial charge in [0.1, 0.15) is 0 Å². The Kier molecular flexibility index (Phi) is 7.17. The zero-order valence-electron chi connectivity index (χ0n) is 8.82. The van der Waals surface area contributed by atoms with E-state index in [-0.39, 0.29) is 0 Å². The molecule has 0 fully saturated rings. The van der Waals surface area contributed by atoms with Gasteiger partial charge in [-0.2, -0.15) is 0 Å². The molecule has 12 heavy (non-hydrogen) atoms. The summed E-state index contributed by atoms with van der Waals surface area (Å²) in [6.45, 7) is 11.6. The first kappa shape index (κ1) is 11.7. The predicted octanol–water partition coefficient (Wildman–Crippen LogP) is 3.12. The van der Waals surface area contributed by atoms with Crippen molar-refractivity contribution in [1.29, 1.82) is 0 Å². The molecule has 0 aromatic heterocycles. The quantitative estimate of drug-likeness (QED) is 0.577. The molecule has 0 aliphatic rings. The van der Waals surface area contributed by atoms with Gasteiger partial charge in [-0.25, -0.2) is 0 Å². The number of hydrogen-bond donors (Lipinski definition) is 1. The molecule has 0 aliphatic carbocycles. The third kappa shape index (κ3) is 6.41. The van der Waals surface area contributed by atoms with Crippen LogP contribution in [0, 0.1) is 0 Å². The summed E-state index contributed by atoms with van der Waals surface area (Å²) < 4.78 is 0. The molecular weight excluding hydrogens is 146 g/mol. The fourth-order valence-electron chi connectivity index (χ4n) is 1.22. The third-order valence-electron chi connectivity index (χ3n) is 2.10. The number of allylic oxidation sites excluding steroid dienone is 1. The summed E-state index contributed by atoms with van der Waals surface area (Å²) in [5.41, 5.74) is 1.30.